The minimum atomic E-state index is -1.42. The number of hydrogen-bond acceptors (Lipinski definition) is 8. The number of nitrogens with zero attached hydrogens (tertiary/aromatic N) is 2. The molecule has 4 heterocycles. The summed E-state index contributed by atoms with van der Waals surface area (Å²) in [5.74, 6) is -3.62. The molecule has 45 heavy (non-hydrogen) atoms. The van der Waals surface area contributed by atoms with E-state index in [1.165, 1.54) is 12.0 Å². The third-order valence-electron chi connectivity index (χ3n) is 9.95. The second-order valence-corrected chi connectivity index (χ2v) is 12.6. The van der Waals surface area contributed by atoms with Gasteiger partial charge in [0.15, 0.2) is 0 Å². The monoisotopic (exact) mass is 621 g/mol. The number of carbonyl (C=O) groups excluding carboxylic acids is 4. The van der Waals surface area contributed by atoms with Gasteiger partial charge in [-0.15, -0.1) is 0 Å². The first-order valence-electron chi connectivity index (χ1n) is 16.2. The second kappa shape index (κ2) is 13.4. The van der Waals surface area contributed by atoms with Crippen LogP contribution < -0.4 is 5.32 Å². The smallest absolute Gasteiger partial charge is 0.313 e. The van der Waals surface area contributed by atoms with Gasteiger partial charge in [0.05, 0.1) is 31.3 Å². The number of hydrogen-bond donors (Lipinski definition) is 2. The molecule has 5 aliphatic rings. The van der Waals surface area contributed by atoms with E-state index in [4.69, 9.17) is 14.2 Å². The van der Waals surface area contributed by atoms with Crippen molar-refractivity contribution in [3.63, 3.8) is 0 Å². The van der Waals surface area contributed by atoms with Crippen LogP contribution in [0.1, 0.15) is 56.6 Å². The average Bonchev–Trinajstić information content (AvgIpc) is 3.42. The van der Waals surface area contributed by atoms with Crippen molar-refractivity contribution in [1.29, 1.82) is 0 Å². The van der Waals surface area contributed by atoms with Gasteiger partial charge in [-0.2, -0.15) is 0 Å². The number of esters is 1. The standard InChI is InChI=1S/C34H43N3O8/c1-43-21-24-29(22-11-4-2-5-12-22)44-33(42)27-25(15-8-9-16-26(39)35-24)45-34-17-10-18-36(23-13-6-3-7-14-23)32(41)30(34)37(19-20-38)31(40)28(27)34/h2,4-5,8,10-12,15,17,23-25,27-30,38H,3,6-7,9,13-14,16,18-21H2,1H3,(H,35,39)/b15-8-/t24-,25-,27+,28+,29-,30-,34+/m0/s1. The van der Waals surface area contributed by atoms with Crippen LogP contribution in [0.25, 0.3) is 0 Å². The van der Waals surface area contributed by atoms with Crippen LogP contribution in [0.2, 0.25) is 0 Å². The molecule has 7 atom stereocenters. The first-order chi connectivity index (χ1) is 21.9. The molecule has 11 heteroatoms. The van der Waals surface area contributed by atoms with Crippen molar-refractivity contribution in [2.75, 3.05) is 33.4 Å². The fraction of sp³-hybridized carbons (Fsp3) is 0.588. The van der Waals surface area contributed by atoms with E-state index < -0.39 is 53.6 Å². The van der Waals surface area contributed by atoms with Crippen molar-refractivity contribution >= 4 is 23.7 Å². The molecule has 0 radical (unpaired) electrons. The summed E-state index contributed by atoms with van der Waals surface area (Å²) in [6.45, 7) is 0.0848. The van der Waals surface area contributed by atoms with Crippen molar-refractivity contribution in [3.8, 4) is 0 Å². The van der Waals surface area contributed by atoms with Crippen LogP contribution in [0.3, 0.4) is 0 Å². The summed E-state index contributed by atoms with van der Waals surface area (Å²) in [7, 11) is 1.51. The number of β-amino-alcohol motifs (C(OH)–C–C–N with tert-alkyl or cyclic N) is 1. The highest BCUT2D eigenvalue weighted by molar-refractivity contribution is 5.99. The summed E-state index contributed by atoms with van der Waals surface area (Å²) < 4.78 is 18.4. The fourth-order valence-electron chi connectivity index (χ4n) is 7.98. The minimum absolute atomic E-state index is 0.0555. The van der Waals surface area contributed by atoms with Crippen LogP contribution in [-0.2, 0) is 33.4 Å². The Hall–Kier alpha value is -3.54. The van der Waals surface area contributed by atoms with Gasteiger partial charge in [0.1, 0.15) is 23.7 Å². The van der Waals surface area contributed by atoms with Crippen LogP contribution in [0, 0.1) is 11.8 Å². The number of ether oxygens (including phenoxy) is 3. The maximum Gasteiger partial charge on any atom is 0.313 e. The first kappa shape index (κ1) is 31.4. The Bertz CT molecular complexity index is 1330. The van der Waals surface area contributed by atoms with Crippen LogP contribution in [-0.4, -0.2) is 102 Å². The van der Waals surface area contributed by atoms with Gasteiger partial charge >= 0.3 is 5.97 Å². The molecule has 0 aromatic heterocycles. The highest BCUT2D eigenvalue weighted by Crippen LogP contribution is 2.53. The van der Waals surface area contributed by atoms with Gasteiger partial charge in [-0.05, 0) is 24.8 Å². The molecule has 2 saturated heterocycles. The number of aliphatic hydroxyl groups is 1. The molecule has 4 aliphatic heterocycles. The highest BCUT2D eigenvalue weighted by Gasteiger charge is 2.72. The lowest BCUT2D eigenvalue weighted by atomic mass is 9.77. The van der Waals surface area contributed by atoms with Gasteiger partial charge in [0.25, 0.3) is 0 Å². The van der Waals surface area contributed by atoms with E-state index in [1.54, 1.807) is 18.2 Å². The average molecular weight is 622 g/mol. The largest absolute Gasteiger partial charge is 0.455 e. The molecular weight excluding hydrogens is 578 g/mol. The molecule has 1 spiro atoms. The Balaban J connectivity index is 1.41. The number of likely N-dealkylation sites (tertiary alicyclic amines) is 1. The predicted octanol–water partition coefficient (Wildman–Crippen LogP) is 2.06. The zero-order valence-electron chi connectivity index (χ0n) is 25.7. The Morgan fingerprint density at radius 2 is 1.82 bits per heavy atom. The summed E-state index contributed by atoms with van der Waals surface area (Å²) in [5, 5.41) is 13.0. The maximum atomic E-state index is 14.4. The summed E-state index contributed by atoms with van der Waals surface area (Å²) in [6, 6.07) is 7.47. The molecule has 1 aliphatic carbocycles. The summed E-state index contributed by atoms with van der Waals surface area (Å²) >= 11 is 0. The van der Waals surface area contributed by atoms with Crippen molar-refractivity contribution < 1.29 is 38.5 Å². The Morgan fingerprint density at radius 1 is 1.04 bits per heavy atom. The van der Waals surface area contributed by atoms with Gasteiger partial charge in [0, 0.05) is 32.7 Å². The fourth-order valence-corrected chi connectivity index (χ4v) is 7.98. The molecule has 11 nitrogen and oxygen atoms in total. The first-order valence-corrected chi connectivity index (χ1v) is 16.2. The van der Waals surface area contributed by atoms with E-state index >= 15 is 0 Å². The number of methoxy groups -OCH3 is 1. The van der Waals surface area contributed by atoms with Crippen molar-refractivity contribution in [2.45, 2.75) is 80.9 Å². The molecule has 1 aromatic carbocycles. The van der Waals surface area contributed by atoms with Crippen molar-refractivity contribution in [1.82, 2.24) is 15.1 Å². The molecule has 6 rings (SSSR count). The SMILES string of the molecule is COC[C@@H]1NC(=O)CC/C=C\[C@@H]2O[C@@]34C=CCN(C5CCCCC5)C(=O)[C@@H]3N(CCO)C(=O)[C@H]4[C@@H]2C(=O)O[C@H]1c1ccccc1. The minimum Gasteiger partial charge on any atom is -0.455 e. The third-order valence-corrected chi connectivity index (χ3v) is 9.95. The number of carbonyl (C=O) groups is 4. The number of nitrogens with one attached hydrogen (secondary N) is 1. The zero-order chi connectivity index (χ0) is 31.6. The van der Waals surface area contributed by atoms with E-state index in [9.17, 15) is 24.3 Å². The molecule has 242 valence electrons. The van der Waals surface area contributed by atoms with Gasteiger partial charge in [-0.25, -0.2) is 0 Å². The molecule has 0 unspecified atom stereocenters. The number of amides is 3. The van der Waals surface area contributed by atoms with Gasteiger partial charge in [-0.3, -0.25) is 19.2 Å². The van der Waals surface area contributed by atoms with E-state index in [0.717, 1.165) is 32.1 Å². The summed E-state index contributed by atoms with van der Waals surface area (Å²) in [6.07, 6.45) is 11.0. The van der Waals surface area contributed by atoms with E-state index in [-0.39, 0.29) is 44.0 Å². The Kier molecular flexibility index (Phi) is 9.39. The van der Waals surface area contributed by atoms with Crippen LogP contribution in [0.4, 0.5) is 0 Å². The van der Waals surface area contributed by atoms with Crippen LogP contribution >= 0.6 is 0 Å². The zero-order valence-corrected chi connectivity index (χ0v) is 25.7. The van der Waals surface area contributed by atoms with Crippen LogP contribution in [0.15, 0.2) is 54.6 Å². The summed E-state index contributed by atoms with van der Waals surface area (Å²) in [4.78, 5) is 59.3. The predicted molar refractivity (Wildman–Crippen MR) is 162 cm³/mol. The highest BCUT2D eigenvalue weighted by atomic mass is 16.6. The number of allylic oxidation sites excluding steroid dienone is 1. The van der Waals surface area contributed by atoms with Crippen molar-refractivity contribution in [2.24, 2.45) is 11.8 Å². The molecule has 0 bridgehead atoms. The molecule has 2 N–H and O–H groups in total. The number of cyclic esters (lactones) is 1. The molecule has 1 aromatic rings. The van der Waals surface area contributed by atoms with E-state index in [1.807, 2.05) is 41.3 Å². The molecule has 3 amide bonds. The van der Waals surface area contributed by atoms with Crippen LogP contribution in [0.5, 0.6) is 0 Å². The normalized spacial score (nSPS) is 35.0. The maximum absolute atomic E-state index is 14.4. The lowest BCUT2D eigenvalue weighted by molar-refractivity contribution is -0.162. The quantitative estimate of drug-likeness (QED) is 0.364. The Labute approximate surface area is 263 Å². The van der Waals surface area contributed by atoms with E-state index in [2.05, 4.69) is 5.32 Å². The van der Waals surface area contributed by atoms with Gasteiger partial charge in [-0.1, -0.05) is 73.9 Å². The number of aliphatic hydroxyl groups excluding tert-OH is 1. The van der Waals surface area contributed by atoms with Gasteiger partial charge < -0.3 is 34.4 Å². The lowest BCUT2D eigenvalue weighted by Gasteiger charge is -2.39. The third kappa shape index (κ3) is 5.81. The molecule has 1 saturated carbocycles. The Morgan fingerprint density at radius 3 is 2.56 bits per heavy atom. The van der Waals surface area contributed by atoms with Gasteiger partial charge in [0.2, 0.25) is 17.7 Å². The number of fused-ring (bicyclic) bond motifs is 2. The second-order valence-electron chi connectivity index (χ2n) is 12.6. The van der Waals surface area contributed by atoms with Crippen molar-refractivity contribution in [3.05, 3.63) is 60.2 Å². The molecule has 3 fully saturated rings. The number of benzene rings is 1. The topological polar surface area (TPSA) is 135 Å². The summed E-state index contributed by atoms with van der Waals surface area (Å²) in [5.41, 5.74) is -0.760. The molecular formula is C34H43N3O8. The van der Waals surface area contributed by atoms with E-state index in [0.29, 0.717) is 18.5 Å². The lowest BCUT2D eigenvalue weighted by Crippen LogP contribution is -2.57. The number of rotatable bonds is 6.